The van der Waals surface area contributed by atoms with Crippen LogP contribution in [-0.4, -0.2) is 16.6 Å². The molecule has 0 amide bonds. The molecule has 1 aliphatic carbocycles. The van der Waals surface area contributed by atoms with Gasteiger partial charge in [-0.3, -0.25) is 0 Å². The Bertz CT molecular complexity index is 703. The highest BCUT2D eigenvalue weighted by molar-refractivity contribution is 5.27. The van der Waals surface area contributed by atoms with Gasteiger partial charge in [-0.15, -0.1) is 0 Å². The lowest BCUT2D eigenvalue weighted by molar-refractivity contribution is 0.198. The number of benzene rings is 1. The maximum atomic E-state index is 6.07. The highest BCUT2D eigenvalue weighted by atomic mass is 16.5. The second-order valence-electron chi connectivity index (χ2n) is 9.04. The molecule has 0 spiro atoms. The van der Waals surface area contributed by atoms with Crippen LogP contribution in [0.2, 0.25) is 0 Å². The number of aryl methyl sites for hydroxylation is 2. The third kappa shape index (κ3) is 7.41. The zero-order chi connectivity index (χ0) is 21.0. The zero-order valence-corrected chi connectivity index (χ0v) is 19.1. The average Bonchev–Trinajstić information content (AvgIpc) is 2.79. The summed E-state index contributed by atoms with van der Waals surface area (Å²) in [6.07, 6.45) is 19.0. The number of aromatic nitrogens is 2. The van der Waals surface area contributed by atoms with Crippen LogP contribution in [0.4, 0.5) is 0 Å². The van der Waals surface area contributed by atoms with Crippen molar-refractivity contribution in [2.24, 2.45) is 5.92 Å². The number of hydrogen-bond donors (Lipinski definition) is 0. The predicted molar refractivity (Wildman–Crippen MR) is 125 cm³/mol. The van der Waals surface area contributed by atoms with E-state index >= 15 is 0 Å². The Morgan fingerprint density at radius 1 is 0.767 bits per heavy atom. The monoisotopic (exact) mass is 408 g/mol. The number of unbranched alkanes of at least 4 members (excludes halogenated alkanes) is 4. The predicted octanol–water partition coefficient (Wildman–Crippen LogP) is 7.29. The fourth-order valence-corrected chi connectivity index (χ4v) is 4.48. The molecule has 3 nitrogen and oxygen atoms in total. The van der Waals surface area contributed by atoms with E-state index in [1.165, 1.54) is 75.3 Å². The van der Waals surface area contributed by atoms with Gasteiger partial charge in [0.1, 0.15) is 11.6 Å². The smallest absolute Gasteiger partial charge is 0.131 e. The van der Waals surface area contributed by atoms with Gasteiger partial charge < -0.3 is 4.74 Å². The molecule has 0 atom stereocenters. The average molecular weight is 409 g/mol. The Balaban J connectivity index is 1.36. The van der Waals surface area contributed by atoms with Gasteiger partial charge in [-0.2, -0.15) is 0 Å². The third-order valence-electron chi connectivity index (χ3n) is 6.45. The van der Waals surface area contributed by atoms with Gasteiger partial charge in [0.25, 0.3) is 0 Å². The Kier molecular flexibility index (Phi) is 9.66. The molecule has 1 aromatic heterocycles. The molecule has 3 rings (SSSR count). The van der Waals surface area contributed by atoms with Crippen molar-refractivity contribution in [3.63, 3.8) is 0 Å². The fraction of sp³-hybridized carbons (Fsp3) is 0.630. The lowest BCUT2D eigenvalue weighted by Crippen LogP contribution is -2.20. The maximum absolute atomic E-state index is 6.07. The Hall–Kier alpha value is -1.90. The van der Waals surface area contributed by atoms with Crippen LogP contribution >= 0.6 is 0 Å². The van der Waals surface area contributed by atoms with Gasteiger partial charge in [-0.05, 0) is 74.1 Å². The standard InChI is InChI=1S/C27H40N2O/c1-3-5-6-7-8-10-24-19-28-27(29-20-24)25-15-11-23(12-16-25)21-30-26-17-13-22(9-4-2)14-18-26/h13-14,17-20,23,25H,3-12,15-16,21H2,1-2H3. The van der Waals surface area contributed by atoms with Gasteiger partial charge in [-0.1, -0.05) is 58.1 Å². The lowest BCUT2D eigenvalue weighted by Gasteiger charge is -2.27. The zero-order valence-electron chi connectivity index (χ0n) is 19.1. The summed E-state index contributed by atoms with van der Waals surface area (Å²) in [6, 6.07) is 8.63. The molecule has 1 fully saturated rings. The van der Waals surface area contributed by atoms with Crippen LogP contribution in [0.5, 0.6) is 5.75 Å². The van der Waals surface area contributed by atoms with Gasteiger partial charge >= 0.3 is 0 Å². The van der Waals surface area contributed by atoms with Crippen molar-refractivity contribution in [2.45, 2.75) is 96.8 Å². The van der Waals surface area contributed by atoms with E-state index in [9.17, 15) is 0 Å². The first-order chi connectivity index (χ1) is 14.8. The summed E-state index contributed by atoms with van der Waals surface area (Å²) in [5.41, 5.74) is 2.69. The first-order valence-electron chi connectivity index (χ1n) is 12.3. The van der Waals surface area contributed by atoms with E-state index in [0.29, 0.717) is 11.8 Å². The van der Waals surface area contributed by atoms with E-state index in [1.54, 1.807) is 0 Å². The van der Waals surface area contributed by atoms with Crippen LogP contribution in [-0.2, 0) is 12.8 Å². The first kappa shape index (κ1) is 22.8. The van der Waals surface area contributed by atoms with Crippen molar-refractivity contribution in [1.29, 1.82) is 0 Å². The largest absolute Gasteiger partial charge is 0.493 e. The van der Waals surface area contributed by atoms with Crippen LogP contribution < -0.4 is 4.74 Å². The second kappa shape index (κ2) is 12.7. The minimum atomic E-state index is 0.521. The van der Waals surface area contributed by atoms with Crippen molar-refractivity contribution in [2.75, 3.05) is 6.61 Å². The summed E-state index contributed by atoms with van der Waals surface area (Å²) >= 11 is 0. The topological polar surface area (TPSA) is 35.0 Å². The second-order valence-corrected chi connectivity index (χ2v) is 9.04. The SMILES string of the molecule is CCCCCCCc1cnc(C2CCC(COc3ccc(CCC)cc3)CC2)nc1. The van der Waals surface area contributed by atoms with E-state index in [1.807, 2.05) is 0 Å². The Labute approximate surface area is 183 Å². The summed E-state index contributed by atoms with van der Waals surface area (Å²) in [5, 5.41) is 0. The molecule has 1 saturated carbocycles. The highest BCUT2D eigenvalue weighted by Crippen LogP contribution is 2.34. The van der Waals surface area contributed by atoms with Crippen LogP contribution in [0.1, 0.15) is 101 Å². The molecule has 0 bridgehead atoms. The molecule has 0 radical (unpaired) electrons. The maximum Gasteiger partial charge on any atom is 0.131 e. The molecule has 2 aromatic rings. The van der Waals surface area contributed by atoms with Crippen molar-refractivity contribution in [3.05, 3.63) is 53.6 Å². The van der Waals surface area contributed by atoms with Crippen LogP contribution in [0.15, 0.2) is 36.7 Å². The van der Waals surface area contributed by atoms with Crippen LogP contribution in [0.3, 0.4) is 0 Å². The van der Waals surface area contributed by atoms with Gasteiger partial charge in [0.05, 0.1) is 6.61 Å². The summed E-state index contributed by atoms with van der Waals surface area (Å²) in [7, 11) is 0. The van der Waals surface area contributed by atoms with E-state index in [-0.39, 0.29) is 0 Å². The van der Waals surface area contributed by atoms with Crippen molar-refractivity contribution >= 4 is 0 Å². The number of hydrogen-bond acceptors (Lipinski definition) is 3. The van der Waals surface area contributed by atoms with Gasteiger partial charge in [0.2, 0.25) is 0 Å². The number of nitrogens with zero attached hydrogens (tertiary/aromatic N) is 2. The molecule has 0 unspecified atom stereocenters. The Morgan fingerprint density at radius 3 is 2.13 bits per heavy atom. The summed E-state index contributed by atoms with van der Waals surface area (Å²) in [5.74, 6) is 3.23. The van der Waals surface area contributed by atoms with Crippen LogP contribution in [0, 0.1) is 5.92 Å². The van der Waals surface area contributed by atoms with Gasteiger partial charge in [0, 0.05) is 18.3 Å². The molecule has 1 aliphatic rings. The molecule has 0 aliphatic heterocycles. The van der Waals surface area contributed by atoms with Crippen molar-refractivity contribution in [1.82, 2.24) is 9.97 Å². The molecule has 1 aromatic carbocycles. The molecular formula is C27H40N2O. The molecule has 0 N–H and O–H groups in total. The highest BCUT2D eigenvalue weighted by Gasteiger charge is 2.24. The fourth-order valence-electron chi connectivity index (χ4n) is 4.48. The first-order valence-corrected chi connectivity index (χ1v) is 12.3. The lowest BCUT2D eigenvalue weighted by atomic mass is 9.82. The summed E-state index contributed by atoms with van der Waals surface area (Å²) in [6.45, 7) is 5.31. The summed E-state index contributed by atoms with van der Waals surface area (Å²) in [4.78, 5) is 9.43. The van der Waals surface area contributed by atoms with E-state index in [4.69, 9.17) is 14.7 Å². The third-order valence-corrected chi connectivity index (χ3v) is 6.45. The molecule has 3 heteroatoms. The quantitative estimate of drug-likeness (QED) is 0.346. The minimum Gasteiger partial charge on any atom is -0.493 e. The van der Waals surface area contributed by atoms with Gasteiger partial charge in [0.15, 0.2) is 0 Å². The summed E-state index contributed by atoms with van der Waals surface area (Å²) < 4.78 is 6.07. The van der Waals surface area contributed by atoms with Crippen molar-refractivity contribution in [3.8, 4) is 5.75 Å². The molecule has 164 valence electrons. The minimum absolute atomic E-state index is 0.521. The molecule has 1 heterocycles. The molecule has 0 saturated heterocycles. The Morgan fingerprint density at radius 2 is 1.47 bits per heavy atom. The van der Waals surface area contributed by atoms with E-state index < -0.39 is 0 Å². The van der Waals surface area contributed by atoms with E-state index in [2.05, 4.69) is 50.5 Å². The number of ether oxygens (including phenoxy) is 1. The van der Waals surface area contributed by atoms with Gasteiger partial charge in [-0.25, -0.2) is 9.97 Å². The number of rotatable bonds is 12. The van der Waals surface area contributed by atoms with Crippen LogP contribution in [0.25, 0.3) is 0 Å². The molecular weight excluding hydrogens is 368 g/mol. The normalized spacial score (nSPS) is 19.0. The van der Waals surface area contributed by atoms with E-state index in [0.717, 1.165) is 31.0 Å². The van der Waals surface area contributed by atoms with Crippen molar-refractivity contribution < 1.29 is 4.74 Å². The molecule has 30 heavy (non-hydrogen) atoms.